The monoisotopic (exact) mass is 394 g/mol. The number of para-hydroxylation sites is 2. The first-order chi connectivity index (χ1) is 14.2. The van der Waals surface area contributed by atoms with Gasteiger partial charge in [0, 0.05) is 13.1 Å². The smallest absolute Gasteiger partial charge is 0.338 e. The molecule has 29 heavy (non-hydrogen) atoms. The van der Waals surface area contributed by atoms with Crippen molar-refractivity contribution in [3.63, 3.8) is 0 Å². The minimum atomic E-state index is -0.301. The number of benzene rings is 2. The number of nitrogens with zero attached hydrogens (tertiary/aromatic N) is 2. The Bertz CT molecular complexity index is 910. The van der Waals surface area contributed by atoms with Gasteiger partial charge in [-0.25, -0.2) is 4.79 Å². The van der Waals surface area contributed by atoms with Crippen LogP contribution in [-0.4, -0.2) is 37.3 Å². The molecule has 6 heteroatoms. The molecule has 6 nitrogen and oxygen atoms in total. The van der Waals surface area contributed by atoms with Gasteiger partial charge in [0.2, 0.25) is 0 Å². The highest BCUT2D eigenvalue weighted by Gasteiger charge is 2.22. The van der Waals surface area contributed by atoms with Gasteiger partial charge in [-0.2, -0.15) is 4.98 Å². The molecular weight excluding hydrogens is 368 g/mol. The number of carbonyl (C=O) groups excluding carboxylic acids is 1. The second-order valence-corrected chi connectivity index (χ2v) is 7.28. The largest absolute Gasteiger partial charge is 0.494 e. The van der Waals surface area contributed by atoms with E-state index in [1.165, 1.54) is 0 Å². The molecule has 1 aromatic heterocycles. The van der Waals surface area contributed by atoms with Crippen LogP contribution in [0.5, 0.6) is 5.75 Å². The number of esters is 1. The summed E-state index contributed by atoms with van der Waals surface area (Å²) in [6.07, 6.45) is 3.22. The van der Waals surface area contributed by atoms with E-state index in [-0.39, 0.29) is 5.97 Å². The summed E-state index contributed by atoms with van der Waals surface area (Å²) in [4.78, 5) is 18.5. The zero-order chi connectivity index (χ0) is 20.1. The molecule has 0 N–H and O–H groups in total. The van der Waals surface area contributed by atoms with Crippen molar-refractivity contribution in [3.05, 3.63) is 54.1 Å². The molecule has 152 valence electrons. The lowest BCUT2D eigenvalue weighted by molar-refractivity contribution is 0.0526. The van der Waals surface area contributed by atoms with Crippen LogP contribution in [0.1, 0.15) is 36.5 Å². The average molecular weight is 394 g/mol. The fourth-order valence-corrected chi connectivity index (χ4v) is 3.65. The van der Waals surface area contributed by atoms with Crippen LogP contribution in [0.4, 0.5) is 6.01 Å². The molecule has 0 bridgehead atoms. The first-order valence-electron chi connectivity index (χ1n) is 10.2. The van der Waals surface area contributed by atoms with Crippen molar-refractivity contribution in [2.24, 2.45) is 5.92 Å². The van der Waals surface area contributed by atoms with Crippen LogP contribution in [-0.2, 0) is 4.74 Å². The van der Waals surface area contributed by atoms with Crippen molar-refractivity contribution in [1.29, 1.82) is 0 Å². The van der Waals surface area contributed by atoms with Crippen molar-refractivity contribution in [2.45, 2.75) is 26.2 Å². The minimum Gasteiger partial charge on any atom is -0.494 e. The number of piperidine rings is 1. The Hall–Kier alpha value is -3.02. The van der Waals surface area contributed by atoms with E-state index in [2.05, 4.69) is 9.88 Å². The molecule has 0 amide bonds. The number of rotatable bonds is 7. The summed E-state index contributed by atoms with van der Waals surface area (Å²) in [5, 5.41) is 0. The van der Waals surface area contributed by atoms with Crippen molar-refractivity contribution in [3.8, 4) is 5.75 Å². The fourth-order valence-electron chi connectivity index (χ4n) is 3.65. The summed E-state index contributed by atoms with van der Waals surface area (Å²) >= 11 is 0. The predicted molar refractivity (Wildman–Crippen MR) is 111 cm³/mol. The molecule has 0 saturated carbocycles. The summed E-state index contributed by atoms with van der Waals surface area (Å²) in [6, 6.07) is 15.7. The minimum absolute atomic E-state index is 0.301. The van der Waals surface area contributed by atoms with Gasteiger partial charge in [0.1, 0.15) is 11.3 Å². The average Bonchev–Trinajstić information content (AvgIpc) is 3.19. The van der Waals surface area contributed by atoms with Crippen molar-refractivity contribution in [1.82, 2.24) is 4.98 Å². The topological polar surface area (TPSA) is 64.8 Å². The molecule has 4 rings (SSSR count). The Morgan fingerprint density at radius 1 is 1.14 bits per heavy atom. The highest BCUT2D eigenvalue weighted by Crippen LogP contribution is 2.27. The third-order valence-electron chi connectivity index (χ3n) is 5.33. The van der Waals surface area contributed by atoms with Gasteiger partial charge < -0.3 is 18.8 Å². The van der Waals surface area contributed by atoms with Gasteiger partial charge in [-0.05, 0) is 68.5 Å². The molecular formula is C23H26N2O4. The van der Waals surface area contributed by atoms with Crippen LogP contribution < -0.4 is 9.64 Å². The van der Waals surface area contributed by atoms with E-state index in [0.29, 0.717) is 24.7 Å². The third-order valence-corrected chi connectivity index (χ3v) is 5.33. The Balaban J connectivity index is 1.21. The SMILES string of the molecule is CCOC(=O)c1ccc(OCCC2CCN(c3nc4ccccc4o3)CC2)cc1. The summed E-state index contributed by atoms with van der Waals surface area (Å²) in [5.41, 5.74) is 2.30. The molecule has 1 aliphatic rings. The van der Waals surface area contributed by atoms with Gasteiger partial charge in [0.25, 0.3) is 6.01 Å². The molecule has 2 heterocycles. The van der Waals surface area contributed by atoms with Crippen LogP contribution >= 0.6 is 0 Å². The van der Waals surface area contributed by atoms with Gasteiger partial charge in [-0.1, -0.05) is 12.1 Å². The van der Waals surface area contributed by atoms with E-state index in [1.54, 1.807) is 19.1 Å². The van der Waals surface area contributed by atoms with Crippen LogP contribution in [0.3, 0.4) is 0 Å². The van der Waals surface area contributed by atoms with E-state index in [9.17, 15) is 4.79 Å². The number of aromatic nitrogens is 1. The van der Waals surface area contributed by atoms with Crippen LogP contribution in [0.2, 0.25) is 0 Å². The first-order valence-corrected chi connectivity index (χ1v) is 10.2. The lowest BCUT2D eigenvalue weighted by Gasteiger charge is -2.30. The number of fused-ring (bicyclic) bond motifs is 1. The Morgan fingerprint density at radius 3 is 2.62 bits per heavy atom. The molecule has 1 saturated heterocycles. The fraction of sp³-hybridized carbons (Fsp3) is 0.391. The first kappa shape index (κ1) is 19.3. The van der Waals surface area contributed by atoms with E-state index in [4.69, 9.17) is 13.9 Å². The van der Waals surface area contributed by atoms with Crippen LogP contribution in [0, 0.1) is 5.92 Å². The Morgan fingerprint density at radius 2 is 1.90 bits per heavy atom. The highest BCUT2D eigenvalue weighted by molar-refractivity contribution is 5.89. The third kappa shape index (κ3) is 4.70. The Kier molecular flexibility index (Phi) is 5.98. The number of oxazole rings is 1. The highest BCUT2D eigenvalue weighted by atomic mass is 16.5. The zero-order valence-corrected chi connectivity index (χ0v) is 16.7. The summed E-state index contributed by atoms with van der Waals surface area (Å²) in [6.45, 7) is 4.75. The molecule has 1 fully saturated rings. The number of hydrogen-bond acceptors (Lipinski definition) is 6. The standard InChI is InChI=1S/C23H26N2O4/c1-2-27-22(26)18-7-9-19(10-8-18)28-16-13-17-11-14-25(15-12-17)23-24-20-5-3-4-6-21(20)29-23/h3-10,17H,2,11-16H2,1H3. The lowest BCUT2D eigenvalue weighted by atomic mass is 9.94. The van der Waals surface area contributed by atoms with E-state index >= 15 is 0 Å². The molecule has 2 aromatic carbocycles. The van der Waals surface area contributed by atoms with Crippen LogP contribution in [0.25, 0.3) is 11.1 Å². The van der Waals surface area contributed by atoms with E-state index in [1.807, 2.05) is 36.4 Å². The molecule has 0 spiro atoms. The molecule has 3 aromatic rings. The number of hydrogen-bond donors (Lipinski definition) is 0. The zero-order valence-electron chi connectivity index (χ0n) is 16.7. The van der Waals surface area contributed by atoms with Gasteiger partial charge >= 0.3 is 5.97 Å². The van der Waals surface area contributed by atoms with E-state index < -0.39 is 0 Å². The van der Waals surface area contributed by atoms with Crippen LogP contribution in [0.15, 0.2) is 52.9 Å². The molecule has 0 aliphatic carbocycles. The van der Waals surface area contributed by atoms with Crippen molar-refractivity contribution >= 4 is 23.1 Å². The number of anilines is 1. The van der Waals surface area contributed by atoms with Gasteiger partial charge in [-0.15, -0.1) is 0 Å². The maximum Gasteiger partial charge on any atom is 0.338 e. The Labute approximate surface area is 170 Å². The molecule has 0 radical (unpaired) electrons. The maximum absolute atomic E-state index is 11.7. The number of carbonyl (C=O) groups is 1. The maximum atomic E-state index is 11.7. The number of ether oxygens (including phenoxy) is 2. The van der Waals surface area contributed by atoms with Gasteiger partial charge in [0.15, 0.2) is 5.58 Å². The second kappa shape index (κ2) is 8.99. The normalized spacial score (nSPS) is 14.9. The summed E-state index contributed by atoms with van der Waals surface area (Å²) in [7, 11) is 0. The second-order valence-electron chi connectivity index (χ2n) is 7.28. The van der Waals surface area contributed by atoms with Gasteiger partial charge in [0.05, 0.1) is 18.8 Å². The quantitative estimate of drug-likeness (QED) is 0.542. The molecule has 0 atom stereocenters. The summed E-state index contributed by atoms with van der Waals surface area (Å²) < 4.78 is 16.7. The van der Waals surface area contributed by atoms with Gasteiger partial charge in [-0.3, -0.25) is 0 Å². The van der Waals surface area contributed by atoms with E-state index in [0.717, 1.165) is 55.2 Å². The molecule has 1 aliphatic heterocycles. The summed E-state index contributed by atoms with van der Waals surface area (Å²) in [5.74, 6) is 1.11. The lowest BCUT2D eigenvalue weighted by Crippen LogP contribution is -2.34. The van der Waals surface area contributed by atoms with Crippen molar-refractivity contribution in [2.75, 3.05) is 31.2 Å². The predicted octanol–water partition coefficient (Wildman–Crippen LogP) is 4.69. The van der Waals surface area contributed by atoms with Crippen molar-refractivity contribution < 1.29 is 18.7 Å². The molecule has 0 unspecified atom stereocenters.